The summed E-state index contributed by atoms with van der Waals surface area (Å²) < 4.78 is 10.3. The molecule has 4 rings (SSSR count). The number of hydrogen-bond acceptors (Lipinski definition) is 7. The van der Waals surface area contributed by atoms with Crippen LogP contribution in [0.1, 0.15) is 37.8 Å². The Morgan fingerprint density at radius 1 is 1.21 bits per heavy atom. The number of amides is 2. The molecule has 148 valence electrons. The SMILES string of the molecule is NC(=O)c1c(NC(=O)COC(=O)c2cc(=O)c3ccccc3o2)sc2c1CCC2. The fourth-order valence-corrected chi connectivity index (χ4v) is 4.63. The number of benzene rings is 1. The smallest absolute Gasteiger partial charge is 0.374 e. The van der Waals surface area contributed by atoms with Gasteiger partial charge in [-0.2, -0.15) is 0 Å². The number of hydrogen-bond donors (Lipinski definition) is 2. The third-order valence-electron chi connectivity index (χ3n) is 4.59. The molecular weight excluding hydrogens is 396 g/mol. The first-order valence-electron chi connectivity index (χ1n) is 8.88. The van der Waals surface area contributed by atoms with Gasteiger partial charge >= 0.3 is 5.97 Å². The van der Waals surface area contributed by atoms with E-state index < -0.39 is 24.4 Å². The molecule has 2 amide bonds. The number of thiophene rings is 1. The Bertz CT molecular complexity index is 1210. The standard InChI is InChI=1S/C20H16N2O6S/c21-18(25)17-11-5-3-7-15(11)29-19(17)22-16(24)9-27-20(26)14-8-12(23)10-4-1-2-6-13(10)28-14/h1-2,4,6,8H,3,5,7,9H2,(H2,21,25)(H,22,24). The highest BCUT2D eigenvalue weighted by Gasteiger charge is 2.26. The molecule has 0 unspecified atom stereocenters. The lowest BCUT2D eigenvalue weighted by atomic mass is 10.1. The Morgan fingerprint density at radius 3 is 2.79 bits per heavy atom. The molecule has 2 heterocycles. The van der Waals surface area contributed by atoms with Gasteiger partial charge in [-0.3, -0.25) is 14.4 Å². The van der Waals surface area contributed by atoms with Gasteiger partial charge in [-0.25, -0.2) is 4.79 Å². The van der Waals surface area contributed by atoms with Gasteiger partial charge in [0.05, 0.1) is 10.9 Å². The van der Waals surface area contributed by atoms with Gasteiger partial charge in [0.2, 0.25) is 5.76 Å². The minimum Gasteiger partial charge on any atom is -0.450 e. The molecule has 0 aliphatic heterocycles. The predicted octanol–water partition coefficient (Wildman–Crippen LogP) is 2.24. The monoisotopic (exact) mass is 412 g/mol. The van der Waals surface area contributed by atoms with E-state index in [2.05, 4.69) is 5.32 Å². The molecule has 2 aromatic heterocycles. The van der Waals surface area contributed by atoms with Crippen LogP contribution < -0.4 is 16.5 Å². The van der Waals surface area contributed by atoms with E-state index in [-0.39, 0.29) is 16.8 Å². The van der Waals surface area contributed by atoms with E-state index in [4.69, 9.17) is 14.9 Å². The zero-order valence-electron chi connectivity index (χ0n) is 15.2. The number of para-hydroxylation sites is 1. The number of nitrogens with two attached hydrogens (primary N) is 1. The molecule has 0 saturated heterocycles. The van der Waals surface area contributed by atoms with Gasteiger partial charge in [-0.15, -0.1) is 11.3 Å². The van der Waals surface area contributed by atoms with E-state index in [1.54, 1.807) is 24.3 Å². The number of esters is 1. The summed E-state index contributed by atoms with van der Waals surface area (Å²) in [5, 5.41) is 3.28. The molecule has 0 spiro atoms. The predicted molar refractivity (Wildman–Crippen MR) is 106 cm³/mol. The number of aryl methyl sites for hydroxylation is 1. The number of ether oxygens (including phenoxy) is 1. The summed E-state index contributed by atoms with van der Waals surface area (Å²) in [6.45, 7) is -0.601. The van der Waals surface area contributed by atoms with Crippen molar-refractivity contribution in [3.63, 3.8) is 0 Å². The van der Waals surface area contributed by atoms with E-state index in [9.17, 15) is 19.2 Å². The molecule has 0 bridgehead atoms. The largest absolute Gasteiger partial charge is 0.450 e. The van der Waals surface area contributed by atoms with Crippen LogP contribution in [0.15, 0.2) is 39.5 Å². The maximum Gasteiger partial charge on any atom is 0.374 e. The number of carbonyl (C=O) groups is 3. The second-order valence-corrected chi connectivity index (χ2v) is 7.63. The lowest BCUT2D eigenvalue weighted by molar-refractivity contribution is -0.119. The summed E-state index contributed by atoms with van der Waals surface area (Å²) >= 11 is 1.31. The Kier molecular flexibility index (Phi) is 4.89. The van der Waals surface area contributed by atoms with Crippen molar-refractivity contribution in [2.75, 3.05) is 11.9 Å². The van der Waals surface area contributed by atoms with Crippen molar-refractivity contribution in [2.45, 2.75) is 19.3 Å². The van der Waals surface area contributed by atoms with Crippen LogP contribution >= 0.6 is 11.3 Å². The molecule has 0 saturated carbocycles. The summed E-state index contributed by atoms with van der Waals surface area (Å²) in [7, 11) is 0. The first-order chi connectivity index (χ1) is 13.9. The molecule has 0 fully saturated rings. The first kappa shape index (κ1) is 18.9. The summed E-state index contributed by atoms with van der Waals surface area (Å²) in [5.74, 6) is -2.46. The van der Waals surface area contributed by atoms with Gasteiger partial charge in [-0.1, -0.05) is 12.1 Å². The molecule has 1 aliphatic carbocycles. The van der Waals surface area contributed by atoms with Gasteiger partial charge in [0.1, 0.15) is 10.6 Å². The molecule has 3 aromatic rings. The van der Waals surface area contributed by atoms with Gasteiger partial charge < -0.3 is 20.2 Å². The van der Waals surface area contributed by atoms with Crippen LogP contribution in [0.3, 0.4) is 0 Å². The fraction of sp³-hybridized carbons (Fsp3) is 0.200. The Labute approximate surface area is 168 Å². The Hall–Kier alpha value is -3.46. The van der Waals surface area contributed by atoms with Gasteiger partial charge in [0.15, 0.2) is 12.0 Å². The first-order valence-corrected chi connectivity index (χ1v) is 9.70. The Morgan fingerprint density at radius 2 is 2.00 bits per heavy atom. The van der Waals surface area contributed by atoms with E-state index >= 15 is 0 Å². The van der Waals surface area contributed by atoms with Crippen LogP contribution in [-0.4, -0.2) is 24.4 Å². The number of primary amides is 1. The molecule has 3 N–H and O–H groups in total. The highest BCUT2D eigenvalue weighted by atomic mass is 32.1. The minimum absolute atomic E-state index is 0.246. The summed E-state index contributed by atoms with van der Waals surface area (Å²) in [5.41, 5.74) is 6.52. The zero-order chi connectivity index (χ0) is 20.5. The van der Waals surface area contributed by atoms with Gasteiger partial charge in [0, 0.05) is 10.9 Å². The normalized spacial score (nSPS) is 12.6. The maximum absolute atomic E-state index is 12.2. The number of anilines is 1. The van der Waals surface area contributed by atoms with Crippen molar-refractivity contribution < 1.29 is 23.5 Å². The average Bonchev–Trinajstić information content (AvgIpc) is 3.26. The lowest BCUT2D eigenvalue weighted by Gasteiger charge is -2.07. The van der Waals surface area contributed by atoms with Crippen LogP contribution in [-0.2, 0) is 22.4 Å². The molecule has 1 aromatic carbocycles. The van der Waals surface area contributed by atoms with E-state index in [0.717, 1.165) is 35.8 Å². The van der Waals surface area contributed by atoms with Crippen LogP contribution in [0.2, 0.25) is 0 Å². The zero-order valence-corrected chi connectivity index (χ0v) is 16.0. The molecule has 9 heteroatoms. The lowest BCUT2D eigenvalue weighted by Crippen LogP contribution is -2.23. The summed E-state index contributed by atoms with van der Waals surface area (Å²) in [6.07, 6.45) is 2.53. The summed E-state index contributed by atoms with van der Waals surface area (Å²) in [6, 6.07) is 7.52. The average molecular weight is 412 g/mol. The molecular formula is C20H16N2O6S. The van der Waals surface area contributed by atoms with Gasteiger partial charge in [-0.05, 0) is 37.0 Å². The second-order valence-electron chi connectivity index (χ2n) is 6.52. The quantitative estimate of drug-likeness (QED) is 0.619. The third kappa shape index (κ3) is 3.64. The van der Waals surface area contributed by atoms with Crippen molar-refractivity contribution in [3.8, 4) is 0 Å². The number of nitrogens with one attached hydrogen (secondary N) is 1. The maximum atomic E-state index is 12.2. The number of fused-ring (bicyclic) bond motifs is 2. The molecule has 29 heavy (non-hydrogen) atoms. The van der Waals surface area contributed by atoms with Crippen LogP contribution in [0.5, 0.6) is 0 Å². The van der Waals surface area contributed by atoms with Crippen molar-refractivity contribution in [1.29, 1.82) is 0 Å². The van der Waals surface area contributed by atoms with E-state index in [1.165, 1.54) is 11.3 Å². The Balaban J connectivity index is 1.45. The van der Waals surface area contributed by atoms with Crippen molar-refractivity contribution >= 4 is 45.1 Å². The molecule has 1 aliphatic rings. The molecule has 0 radical (unpaired) electrons. The molecule has 8 nitrogen and oxygen atoms in total. The third-order valence-corrected chi connectivity index (χ3v) is 5.80. The highest BCUT2D eigenvalue weighted by molar-refractivity contribution is 7.17. The summed E-state index contributed by atoms with van der Waals surface area (Å²) in [4.78, 5) is 49.2. The van der Waals surface area contributed by atoms with Crippen LogP contribution in [0.25, 0.3) is 11.0 Å². The van der Waals surface area contributed by atoms with E-state index in [1.807, 2.05) is 0 Å². The van der Waals surface area contributed by atoms with Crippen LogP contribution in [0, 0.1) is 0 Å². The topological polar surface area (TPSA) is 129 Å². The molecule has 0 atom stereocenters. The second kappa shape index (κ2) is 7.51. The van der Waals surface area contributed by atoms with Crippen LogP contribution in [0.4, 0.5) is 5.00 Å². The van der Waals surface area contributed by atoms with Crippen molar-refractivity contribution in [2.24, 2.45) is 5.73 Å². The minimum atomic E-state index is -0.938. The number of rotatable bonds is 5. The van der Waals surface area contributed by atoms with Gasteiger partial charge in [0.25, 0.3) is 11.8 Å². The van der Waals surface area contributed by atoms with E-state index in [0.29, 0.717) is 16.0 Å². The fourth-order valence-electron chi connectivity index (χ4n) is 3.32. The van der Waals surface area contributed by atoms with Crippen molar-refractivity contribution in [1.82, 2.24) is 0 Å². The number of carbonyl (C=O) groups excluding carboxylic acids is 3. The highest BCUT2D eigenvalue weighted by Crippen LogP contribution is 2.38. The van der Waals surface area contributed by atoms with Crippen molar-refractivity contribution in [3.05, 3.63) is 62.3 Å².